The first kappa shape index (κ1) is 20.8. The highest BCUT2D eigenvalue weighted by atomic mass is 32.2. The Morgan fingerprint density at radius 3 is 2.38 bits per heavy atom. The minimum absolute atomic E-state index is 0.114. The average molecular weight is 421 g/mol. The molecule has 0 bridgehead atoms. The maximum absolute atomic E-state index is 12.6. The lowest BCUT2D eigenvalue weighted by Gasteiger charge is -2.07. The molecule has 1 heterocycles. The topological polar surface area (TPSA) is 56.1 Å². The molecule has 0 saturated carbocycles. The molecule has 0 radical (unpaired) electrons. The number of alkyl halides is 3. The van der Waals surface area contributed by atoms with Gasteiger partial charge in [-0.1, -0.05) is 12.1 Å². The third kappa shape index (κ3) is 5.77. The standard InChI is InChI=1S/C20H18F3N3O2S/c1-28-16-6-8-17(9-7-16)29-13-19(27)24-12-14-2-4-15(5-3-14)26-11-10-18(25-26)20(21,22)23/h2-11H,12-13H2,1H3,(H,24,27). The van der Waals surface area contributed by atoms with Crippen LogP contribution in [0.3, 0.4) is 0 Å². The molecule has 0 fully saturated rings. The molecule has 0 aliphatic carbocycles. The maximum atomic E-state index is 12.6. The van der Waals surface area contributed by atoms with Crippen LogP contribution in [-0.4, -0.2) is 28.6 Å². The van der Waals surface area contributed by atoms with E-state index in [4.69, 9.17) is 4.74 Å². The summed E-state index contributed by atoms with van der Waals surface area (Å²) in [5.41, 5.74) is 0.397. The van der Waals surface area contributed by atoms with E-state index in [-0.39, 0.29) is 11.7 Å². The van der Waals surface area contributed by atoms with Crippen molar-refractivity contribution in [2.24, 2.45) is 0 Å². The van der Waals surface area contributed by atoms with Gasteiger partial charge in [-0.15, -0.1) is 11.8 Å². The van der Waals surface area contributed by atoms with E-state index in [2.05, 4.69) is 10.4 Å². The SMILES string of the molecule is COc1ccc(SCC(=O)NCc2ccc(-n3ccc(C(F)(F)F)n3)cc2)cc1. The van der Waals surface area contributed by atoms with Gasteiger partial charge in [-0.05, 0) is 48.0 Å². The summed E-state index contributed by atoms with van der Waals surface area (Å²) < 4.78 is 44.2. The van der Waals surface area contributed by atoms with E-state index in [1.54, 1.807) is 31.4 Å². The number of nitrogens with zero attached hydrogens (tertiary/aromatic N) is 2. The average Bonchev–Trinajstić information content (AvgIpc) is 3.22. The van der Waals surface area contributed by atoms with Crippen molar-refractivity contribution in [1.29, 1.82) is 0 Å². The molecule has 9 heteroatoms. The molecule has 5 nitrogen and oxygen atoms in total. The zero-order valence-electron chi connectivity index (χ0n) is 15.4. The summed E-state index contributed by atoms with van der Waals surface area (Å²) in [6.45, 7) is 0.329. The van der Waals surface area contributed by atoms with Crippen LogP contribution in [0, 0.1) is 0 Å². The van der Waals surface area contributed by atoms with Crippen molar-refractivity contribution in [3.8, 4) is 11.4 Å². The molecule has 0 saturated heterocycles. The molecule has 3 aromatic rings. The van der Waals surface area contributed by atoms with Gasteiger partial charge in [0.1, 0.15) is 5.75 Å². The third-order valence-corrected chi connectivity index (χ3v) is 5.01. The van der Waals surface area contributed by atoms with Crippen LogP contribution in [0.4, 0.5) is 13.2 Å². The van der Waals surface area contributed by atoms with Crippen molar-refractivity contribution in [2.45, 2.75) is 17.6 Å². The van der Waals surface area contributed by atoms with Gasteiger partial charge in [0.15, 0.2) is 5.69 Å². The Bertz CT molecular complexity index is 954. The quantitative estimate of drug-likeness (QED) is 0.578. The number of amides is 1. The maximum Gasteiger partial charge on any atom is 0.435 e. The van der Waals surface area contributed by atoms with Crippen molar-refractivity contribution < 1.29 is 22.7 Å². The number of ether oxygens (including phenoxy) is 1. The van der Waals surface area contributed by atoms with Gasteiger partial charge in [0.25, 0.3) is 0 Å². The van der Waals surface area contributed by atoms with Crippen LogP contribution in [0.15, 0.2) is 65.7 Å². The second-order valence-corrected chi connectivity index (χ2v) is 7.10. The fourth-order valence-corrected chi connectivity index (χ4v) is 3.19. The number of hydrogen-bond acceptors (Lipinski definition) is 4. The number of methoxy groups -OCH3 is 1. The highest BCUT2D eigenvalue weighted by Crippen LogP contribution is 2.28. The van der Waals surface area contributed by atoms with Gasteiger partial charge in [-0.25, -0.2) is 4.68 Å². The Hall–Kier alpha value is -2.94. The Balaban J connectivity index is 1.49. The fraction of sp³-hybridized carbons (Fsp3) is 0.200. The van der Waals surface area contributed by atoms with Crippen LogP contribution in [0.1, 0.15) is 11.3 Å². The second-order valence-electron chi connectivity index (χ2n) is 6.05. The largest absolute Gasteiger partial charge is 0.497 e. The van der Waals surface area contributed by atoms with Crippen LogP contribution in [0.2, 0.25) is 0 Å². The number of halogens is 3. The van der Waals surface area contributed by atoms with Crippen molar-refractivity contribution in [3.05, 3.63) is 72.1 Å². The molecule has 1 aromatic heterocycles. The van der Waals surface area contributed by atoms with Crippen molar-refractivity contribution in [3.63, 3.8) is 0 Å². The molecule has 1 N–H and O–H groups in total. The van der Waals surface area contributed by atoms with E-state index in [0.717, 1.165) is 27.0 Å². The lowest BCUT2D eigenvalue weighted by atomic mass is 10.2. The number of carbonyl (C=O) groups is 1. The van der Waals surface area contributed by atoms with Crippen molar-refractivity contribution >= 4 is 17.7 Å². The normalized spacial score (nSPS) is 11.3. The monoisotopic (exact) mass is 421 g/mol. The molecule has 0 spiro atoms. The van der Waals surface area contributed by atoms with Gasteiger partial charge in [0.2, 0.25) is 5.91 Å². The highest BCUT2D eigenvalue weighted by molar-refractivity contribution is 8.00. The Morgan fingerprint density at radius 1 is 1.10 bits per heavy atom. The van der Waals surface area contributed by atoms with Gasteiger partial charge in [0.05, 0.1) is 18.6 Å². The molecular weight excluding hydrogens is 403 g/mol. The minimum Gasteiger partial charge on any atom is -0.497 e. The molecule has 0 unspecified atom stereocenters. The highest BCUT2D eigenvalue weighted by Gasteiger charge is 2.33. The van der Waals surface area contributed by atoms with Gasteiger partial charge in [0, 0.05) is 17.6 Å². The molecule has 1 amide bonds. The van der Waals surface area contributed by atoms with Crippen LogP contribution >= 0.6 is 11.8 Å². The van der Waals surface area contributed by atoms with E-state index < -0.39 is 11.9 Å². The van der Waals surface area contributed by atoms with Crippen LogP contribution in [0.5, 0.6) is 5.75 Å². The number of nitrogens with one attached hydrogen (secondary N) is 1. The van der Waals surface area contributed by atoms with Gasteiger partial charge >= 0.3 is 6.18 Å². The predicted octanol–water partition coefficient (Wildman–Crippen LogP) is 4.31. The zero-order valence-corrected chi connectivity index (χ0v) is 16.3. The van der Waals surface area contributed by atoms with Crippen LogP contribution in [-0.2, 0) is 17.5 Å². The first-order valence-corrected chi connectivity index (χ1v) is 9.59. The first-order valence-electron chi connectivity index (χ1n) is 8.61. The zero-order chi connectivity index (χ0) is 20.9. The second kappa shape index (κ2) is 9.04. The number of rotatable bonds is 7. The van der Waals surface area contributed by atoms with E-state index in [1.165, 1.54) is 18.0 Å². The van der Waals surface area contributed by atoms with Gasteiger partial charge < -0.3 is 10.1 Å². The molecule has 152 valence electrons. The summed E-state index contributed by atoms with van der Waals surface area (Å²) >= 11 is 1.42. The van der Waals surface area contributed by atoms with E-state index in [1.807, 2.05) is 24.3 Å². The first-order chi connectivity index (χ1) is 13.8. The molecular formula is C20H18F3N3O2S. The molecule has 29 heavy (non-hydrogen) atoms. The van der Waals surface area contributed by atoms with Crippen molar-refractivity contribution in [1.82, 2.24) is 15.1 Å². The summed E-state index contributed by atoms with van der Waals surface area (Å²) in [4.78, 5) is 13.0. The molecule has 0 aliphatic rings. The number of benzene rings is 2. The third-order valence-electron chi connectivity index (χ3n) is 4.00. The summed E-state index contributed by atoms with van der Waals surface area (Å²) in [6, 6.07) is 15.1. The van der Waals surface area contributed by atoms with Crippen molar-refractivity contribution in [2.75, 3.05) is 12.9 Å². The smallest absolute Gasteiger partial charge is 0.435 e. The Labute approximate surface area is 169 Å². The predicted molar refractivity (Wildman–Crippen MR) is 104 cm³/mol. The molecule has 3 rings (SSSR count). The Morgan fingerprint density at radius 2 is 1.79 bits per heavy atom. The fourth-order valence-electron chi connectivity index (χ4n) is 2.46. The number of carbonyl (C=O) groups excluding carboxylic acids is 1. The summed E-state index contributed by atoms with van der Waals surface area (Å²) in [5.74, 6) is 0.918. The summed E-state index contributed by atoms with van der Waals surface area (Å²) in [7, 11) is 1.59. The van der Waals surface area contributed by atoms with Gasteiger partial charge in [-0.2, -0.15) is 18.3 Å². The lowest BCUT2D eigenvalue weighted by molar-refractivity contribution is -0.141. The minimum atomic E-state index is -4.47. The lowest BCUT2D eigenvalue weighted by Crippen LogP contribution is -2.24. The van der Waals surface area contributed by atoms with E-state index in [9.17, 15) is 18.0 Å². The van der Waals surface area contributed by atoms with E-state index in [0.29, 0.717) is 12.2 Å². The van der Waals surface area contributed by atoms with Crippen LogP contribution in [0.25, 0.3) is 5.69 Å². The summed E-state index contributed by atoms with van der Waals surface area (Å²) in [6.07, 6.45) is -3.21. The molecule has 2 aromatic carbocycles. The summed E-state index contributed by atoms with van der Waals surface area (Å²) in [5, 5.41) is 6.35. The Kier molecular flexibility index (Phi) is 6.48. The number of thioether (sulfide) groups is 1. The molecule has 0 atom stereocenters. The molecule has 0 aliphatic heterocycles. The number of aromatic nitrogens is 2. The van der Waals surface area contributed by atoms with E-state index >= 15 is 0 Å². The number of hydrogen-bond donors (Lipinski definition) is 1. The van der Waals surface area contributed by atoms with Gasteiger partial charge in [-0.3, -0.25) is 4.79 Å². The van der Waals surface area contributed by atoms with Crippen LogP contribution < -0.4 is 10.1 Å².